The molecule has 1 heterocycles. The van der Waals surface area contributed by atoms with Crippen LogP contribution in [0.25, 0.3) is 22.5 Å². The molecule has 0 saturated heterocycles. The molecule has 0 radical (unpaired) electrons. The van der Waals surface area contributed by atoms with E-state index in [4.69, 9.17) is 4.74 Å². The lowest BCUT2D eigenvalue weighted by Gasteiger charge is -2.29. The van der Waals surface area contributed by atoms with Gasteiger partial charge in [0.05, 0.1) is 5.56 Å². The van der Waals surface area contributed by atoms with E-state index in [-0.39, 0.29) is 35.6 Å². The highest BCUT2D eigenvalue weighted by Crippen LogP contribution is 2.29. The monoisotopic (exact) mass is 667 g/mol. The summed E-state index contributed by atoms with van der Waals surface area (Å²) in [6.07, 6.45) is 2.60. The molecule has 0 spiro atoms. The molecular formula is C36H41N7O6. The fourth-order valence-corrected chi connectivity index (χ4v) is 5.79. The zero-order valence-corrected chi connectivity index (χ0v) is 27.7. The second kappa shape index (κ2) is 15.5. The minimum atomic E-state index is -1.00. The quantitative estimate of drug-likeness (QED) is 0.143. The number of hydrogen-bond acceptors (Lipinski definition) is 8. The summed E-state index contributed by atoms with van der Waals surface area (Å²) in [6.45, 7) is 5.93. The maximum Gasteiger partial charge on any atom is 0.407 e. The van der Waals surface area contributed by atoms with E-state index >= 15 is 0 Å². The van der Waals surface area contributed by atoms with Crippen molar-refractivity contribution in [1.82, 2.24) is 31.3 Å². The predicted octanol–water partition coefficient (Wildman–Crippen LogP) is 5.23. The lowest BCUT2D eigenvalue weighted by Crippen LogP contribution is -2.48. The summed E-state index contributed by atoms with van der Waals surface area (Å²) in [6, 6.07) is 20.3. The summed E-state index contributed by atoms with van der Waals surface area (Å²) in [5, 5.41) is 32.1. The number of rotatable bonds is 11. The van der Waals surface area contributed by atoms with Gasteiger partial charge in [-0.05, 0) is 111 Å². The normalized spacial score (nSPS) is 16.6. The molecule has 5 N–H and O–H groups in total. The van der Waals surface area contributed by atoms with Gasteiger partial charge >= 0.3 is 12.1 Å². The number of nitrogens with zero attached hydrogens (tertiary/aromatic N) is 3. The average Bonchev–Trinajstić information content (AvgIpc) is 3.62. The van der Waals surface area contributed by atoms with Gasteiger partial charge in [-0.3, -0.25) is 9.59 Å². The Hall–Kier alpha value is -5.59. The maximum absolute atomic E-state index is 13.7. The Bertz CT molecular complexity index is 1740. The molecule has 1 aliphatic carbocycles. The van der Waals surface area contributed by atoms with E-state index in [2.05, 4.69) is 36.6 Å². The first-order chi connectivity index (χ1) is 23.4. The van der Waals surface area contributed by atoms with Gasteiger partial charge in [-0.15, -0.1) is 10.2 Å². The summed E-state index contributed by atoms with van der Waals surface area (Å²) in [7, 11) is 0. The summed E-state index contributed by atoms with van der Waals surface area (Å²) in [5.41, 5.74) is 3.30. The second-order valence-electron chi connectivity index (χ2n) is 13.3. The second-order valence-corrected chi connectivity index (χ2v) is 13.3. The van der Waals surface area contributed by atoms with Crippen LogP contribution in [0.15, 0.2) is 72.8 Å². The zero-order chi connectivity index (χ0) is 35.0. The molecule has 3 amide bonds. The first-order valence-electron chi connectivity index (χ1n) is 16.3. The average molecular weight is 668 g/mol. The van der Waals surface area contributed by atoms with Crippen LogP contribution in [0.3, 0.4) is 0 Å². The van der Waals surface area contributed by atoms with Crippen molar-refractivity contribution in [2.75, 3.05) is 11.9 Å². The fraction of sp³-hybridized carbons (Fsp3) is 0.361. The van der Waals surface area contributed by atoms with E-state index in [1.165, 1.54) is 6.07 Å². The van der Waals surface area contributed by atoms with Gasteiger partial charge in [0.2, 0.25) is 17.6 Å². The van der Waals surface area contributed by atoms with Crippen molar-refractivity contribution in [2.24, 2.45) is 11.8 Å². The number of anilines is 1. The standard InChI is InChI=1S/C36H41N7O6/c1-36(2,3)49-35(48)37-21-23-9-13-26(14-10-23)32(44)39-30(33(45)38-29-17-15-25(16-18-29)31-40-42-43-41-31)19-22-7-11-24(12-8-22)27-5-4-6-28(20-27)34(46)47/h4-8,11-12,15-18,20,23,26,30H,9-10,13-14,19,21H2,1-3H3,(H,37,48)(H,38,45)(H,39,44)(H,46,47)(H,40,41,42,43)/t23?,26?,30-/m0/s1. The van der Waals surface area contributed by atoms with Gasteiger partial charge in [0.15, 0.2) is 0 Å². The molecule has 5 rings (SSSR count). The van der Waals surface area contributed by atoms with Crippen molar-refractivity contribution in [2.45, 2.75) is 64.5 Å². The summed E-state index contributed by atoms with van der Waals surface area (Å²) in [5.74, 6) is -1.15. The maximum atomic E-state index is 13.7. The molecule has 3 aromatic carbocycles. The van der Waals surface area contributed by atoms with Gasteiger partial charge in [0.25, 0.3) is 0 Å². The van der Waals surface area contributed by atoms with Crippen molar-refractivity contribution in [1.29, 1.82) is 0 Å². The van der Waals surface area contributed by atoms with Gasteiger partial charge in [0.1, 0.15) is 11.6 Å². The lowest BCUT2D eigenvalue weighted by atomic mass is 9.81. The fourth-order valence-electron chi connectivity index (χ4n) is 5.79. The third kappa shape index (κ3) is 9.95. The van der Waals surface area contributed by atoms with Crippen molar-refractivity contribution in [3.63, 3.8) is 0 Å². The van der Waals surface area contributed by atoms with Gasteiger partial charge < -0.3 is 25.8 Å². The Kier molecular flexibility index (Phi) is 11.0. The predicted molar refractivity (Wildman–Crippen MR) is 182 cm³/mol. The Morgan fingerprint density at radius 1 is 0.918 bits per heavy atom. The van der Waals surface area contributed by atoms with E-state index in [0.717, 1.165) is 35.1 Å². The van der Waals surface area contributed by atoms with Crippen LogP contribution in [0, 0.1) is 11.8 Å². The molecule has 1 fully saturated rings. The molecule has 13 nitrogen and oxygen atoms in total. The largest absolute Gasteiger partial charge is 0.478 e. The summed E-state index contributed by atoms with van der Waals surface area (Å²) >= 11 is 0. The number of aromatic nitrogens is 4. The summed E-state index contributed by atoms with van der Waals surface area (Å²) in [4.78, 5) is 50.7. The highest BCUT2D eigenvalue weighted by Gasteiger charge is 2.30. The molecule has 1 aliphatic rings. The van der Waals surface area contributed by atoms with Gasteiger partial charge in [-0.2, -0.15) is 5.21 Å². The number of aromatic carboxylic acids is 1. The Morgan fingerprint density at radius 3 is 2.24 bits per heavy atom. The Morgan fingerprint density at radius 2 is 1.61 bits per heavy atom. The number of benzene rings is 3. The number of carbonyl (C=O) groups excluding carboxylic acids is 3. The number of aromatic amines is 1. The number of tetrazole rings is 1. The van der Waals surface area contributed by atoms with Crippen molar-refractivity contribution < 1.29 is 29.0 Å². The molecule has 1 atom stereocenters. The molecule has 49 heavy (non-hydrogen) atoms. The number of carbonyl (C=O) groups is 4. The van der Waals surface area contributed by atoms with Gasteiger partial charge in [0, 0.05) is 30.1 Å². The first kappa shape index (κ1) is 34.7. The number of nitrogens with one attached hydrogen (secondary N) is 4. The molecule has 13 heteroatoms. The van der Waals surface area contributed by atoms with Crippen LogP contribution in [-0.4, -0.2) is 67.8 Å². The number of H-pyrrole nitrogens is 1. The number of amides is 3. The third-order valence-electron chi connectivity index (χ3n) is 8.38. The smallest absolute Gasteiger partial charge is 0.407 e. The van der Waals surface area contributed by atoms with Crippen LogP contribution in [0.2, 0.25) is 0 Å². The number of alkyl carbamates (subject to hydrolysis) is 1. The lowest BCUT2D eigenvalue weighted by molar-refractivity contribution is -0.130. The van der Waals surface area contributed by atoms with Crippen LogP contribution in [0.1, 0.15) is 62.4 Å². The van der Waals surface area contributed by atoms with Crippen molar-refractivity contribution in [3.05, 3.63) is 83.9 Å². The topological polar surface area (TPSA) is 188 Å². The van der Waals surface area contributed by atoms with E-state index in [9.17, 15) is 24.3 Å². The summed E-state index contributed by atoms with van der Waals surface area (Å²) < 4.78 is 5.33. The molecule has 4 aromatic rings. The molecule has 1 saturated carbocycles. The van der Waals surface area contributed by atoms with E-state index < -0.39 is 23.7 Å². The highest BCUT2D eigenvalue weighted by atomic mass is 16.6. The van der Waals surface area contributed by atoms with Gasteiger partial charge in [-0.25, -0.2) is 9.59 Å². The zero-order valence-electron chi connectivity index (χ0n) is 27.7. The Labute approximate surface area is 284 Å². The van der Waals surface area contributed by atoms with E-state index in [1.807, 2.05) is 51.1 Å². The SMILES string of the molecule is CC(C)(C)OC(=O)NCC1CCC(C(=O)N[C@@H](Cc2ccc(-c3cccc(C(=O)O)c3)cc2)C(=O)Nc2ccc(-c3nn[nH]n3)cc2)CC1. The molecule has 0 unspecified atom stereocenters. The molecule has 256 valence electrons. The number of hydrogen-bond donors (Lipinski definition) is 5. The number of carboxylic acid groups (broad SMARTS) is 1. The highest BCUT2D eigenvalue weighted by molar-refractivity contribution is 5.98. The third-order valence-corrected chi connectivity index (χ3v) is 8.38. The number of carboxylic acids is 1. The molecule has 0 aliphatic heterocycles. The van der Waals surface area contributed by atoms with E-state index in [1.54, 1.807) is 36.4 Å². The minimum Gasteiger partial charge on any atom is -0.478 e. The van der Waals surface area contributed by atoms with Crippen molar-refractivity contribution in [3.8, 4) is 22.5 Å². The van der Waals surface area contributed by atoms with E-state index in [0.29, 0.717) is 30.9 Å². The molecule has 0 bridgehead atoms. The molecule has 1 aromatic heterocycles. The first-order valence-corrected chi connectivity index (χ1v) is 16.3. The molecular weight excluding hydrogens is 626 g/mol. The van der Waals surface area contributed by atoms with Crippen molar-refractivity contribution >= 4 is 29.6 Å². The van der Waals surface area contributed by atoms with Crippen LogP contribution in [0.5, 0.6) is 0 Å². The van der Waals surface area contributed by atoms with Crippen LogP contribution < -0.4 is 16.0 Å². The van der Waals surface area contributed by atoms with Crippen LogP contribution in [-0.2, 0) is 20.7 Å². The van der Waals surface area contributed by atoms with Crippen LogP contribution >= 0.6 is 0 Å². The van der Waals surface area contributed by atoms with Crippen LogP contribution in [0.4, 0.5) is 10.5 Å². The minimum absolute atomic E-state index is 0.187. The van der Waals surface area contributed by atoms with Gasteiger partial charge in [-0.1, -0.05) is 36.4 Å². The Balaban J connectivity index is 1.24. The number of ether oxygens (including phenoxy) is 1.